The van der Waals surface area contributed by atoms with E-state index in [0.29, 0.717) is 16.8 Å². The van der Waals surface area contributed by atoms with Crippen molar-refractivity contribution in [1.29, 1.82) is 0 Å². The Hall–Kier alpha value is -0.970. The first-order chi connectivity index (χ1) is 9.70. The molecule has 1 fully saturated rings. The van der Waals surface area contributed by atoms with Crippen LogP contribution >= 0.6 is 11.6 Å². The Labute approximate surface area is 126 Å². The molecule has 0 spiro atoms. The van der Waals surface area contributed by atoms with Crippen molar-refractivity contribution >= 4 is 23.0 Å². The predicted molar refractivity (Wildman–Crippen MR) is 85.4 cm³/mol. The minimum atomic E-state index is 0.610. The average molecular weight is 298 g/mol. The number of nitrogen functional groups attached to an aromatic ring is 1. The van der Waals surface area contributed by atoms with Gasteiger partial charge in [0.1, 0.15) is 0 Å². The van der Waals surface area contributed by atoms with Crippen LogP contribution in [0.25, 0.3) is 0 Å². The number of nitrogens with one attached hydrogen (secondary N) is 1. The van der Waals surface area contributed by atoms with Crippen LogP contribution in [0.3, 0.4) is 0 Å². The van der Waals surface area contributed by atoms with Gasteiger partial charge in [-0.1, -0.05) is 18.5 Å². The monoisotopic (exact) mass is 297 g/mol. The summed E-state index contributed by atoms with van der Waals surface area (Å²) in [7, 11) is 0. The Bertz CT molecular complexity index is 422. The third-order valence-corrected chi connectivity index (χ3v) is 4.13. The molecule has 3 N–H and O–H groups in total. The number of rotatable bonds is 6. The molecular weight excluding hydrogens is 274 g/mol. The van der Waals surface area contributed by atoms with Gasteiger partial charge in [-0.15, -0.1) is 0 Å². The highest BCUT2D eigenvalue weighted by Crippen LogP contribution is 2.24. The van der Waals surface area contributed by atoms with E-state index in [1.165, 1.54) is 0 Å². The molecule has 1 aromatic rings. The number of benzene rings is 1. The van der Waals surface area contributed by atoms with E-state index in [0.717, 1.165) is 51.4 Å². The van der Waals surface area contributed by atoms with Gasteiger partial charge < -0.3 is 15.8 Å². The number of ether oxygens (including phenoxy) is 1. The van der Waals surface area contributed by atoms with E-state index in [1.807, 2.05) is 12.1 Å². The molecule has 1 aromatic carbocycles. The molecule has 4 nitrogen and oxygen atoms in total. The third-order valence-electron chi connectivity index (χ3n) is 3.82. The molecule has 0 aliphatic carbocycles. The SMILES string of the molecule is CCC(CCNc1ccc(N)cc1Cl)N1CCOCC1. The molecule has 1 unspecified atom stereocenters. The van der Waals surface area contributed by atoms with E-state index >= 15 is 0 Å². The molecule has 20 heavy (non-hydrogen) atoms. The van der Waals surface area contributed by atoms with Gasteiger partial charge in [0.25, 0.3) is 0 Å². The molecule has 1 aliphatic rings. The summed E-state index contributed by atoms with van der Waals surface area (Å²) in [6, 6.07) is 6.20. The van der Waals surface area contributed by atoms with Gasteiger partial charge in [-0.25, -0.2) is 0 Å². The van der Waals surface area contributed by atoms with Crippen LogP contribution in [0.15, 0.2) is 18.2 Å². The number of hydrogen-bond donors (Lipinski definition) is 2. The lowest BCUT2D eigenvalue weighted by atomic mass is 10.1. The van der Waals surface area contributed by atoms with Crippen molar-refractivity contribution in [2.75, 3.05) is 43.9 Å². The van der Waals surface area contributed by atoms with Crippen LogP contribution in [0.5, 0.6) is 0 Å². The van der Waals surface area contributed by atoms with Gasteiger partial charge in [0, 0.05) is 31.4 Å². The minimum absolute atomic E-state index is 0.610. The fraction of sp³-hybridized carbons (Fsp3) is 0.600. The normalized spacial score (nSPS) is 17.9. The van der Waals surface area contributed by atoms with Gasteiger partial charge in [0.2, 0.25) is 0 Å². The summed E-state index contributed by atoms with van der Waals surface area (Å²) >= 11 is 6.16. The van der Waals surface area contributed by atoms with Gasteiger partial charge in [-0.2, -0.15) is 0 Å². The second-order valence-electron chi connectivity index (χ2n) is 5.17. The van der Waals surface area contributed by atoms with Crippen LogP contribution in [0.4, 0.5) is 11.4 Å². The summed E-state index contributed by atoms with van der Waals surface area (Å²) in [4.78, 5) is 2.52. The van der Waals surface area contributed by atoms with Crippen molar-refractivity contribution in [2.24, 2.45) is 0 Å². The molecular formula is C15H24ClN3O. The number of hydrogen-bond acceptors (Lipinski definition) is 4. The molecule has 0 aromatic heterocycles. The molecule has 0 saturated carbocycles. The summed E-state index contributed by atoms with van der Waals surface area (Å²) in [6.45, 7) is 6.96. The maximum Gasteiger partial charge on any atom is 0.0657 e. The third kappa shape index (κ3) is 4.27. The smallest absolute Gasteiger partial charge is 0.0657 e. The lowest BCUT2D eigenvalue weighted by Gasteiger charge is -2.34. The molecule has 0 bridgehead atoms. The fourth-order valence-electron chi connectivity index (χ4n) is 2.64. The zero-order chi connectivity index (χ0) is 14.4. The number of anilines is 2. The first kappa shape index (κ1) is 15.4. The van der Waals surface area contributed by atoms with Crippen LogP contribution in [0, 0.1) is 0 Å². The van der Waals surface area contributed by atoms with Crippen molar-refractivity contribution in [3.63, 3.8) is 0 Å². The largest absolute Gasteiger partial charge is 0.399 e. The first-order valence-corrected chi connectivity index (χ1v) is 7.69. The van der Waals surface area contributed by atoms with Crippen molar-refractivity contribution in [1.82, 2.24) is 4.90 Å². The Morgan fingerprint density at radius 2 is 2.15 bits per heavy atom. The molecule has 1 heterocycles. The zero-order valence-electron chi connectivity index (χ0n) is 12.1. The number of nitrogens with two attached hydrogens (primary N) is 1. The summed E-state index contributed by atoms with van der Waals surface area (Å²) in [5.41, 5.74) is 7.34. The van der Waals surface area contributed by atoms with Crippen molar-refractivity contribution in [3.8, 4) is 0 Å². The summed E-state index contributed by atoms with van der Waals surface area (Å²) in [5, 5.41) is 4.08. The van der Waals surface area contributed by atoms with Gasteiger partial charge in [-0.3, -0.25) is 4.90 Å². The number of morpholine rings is 1. The van der Waals surface area contributed by atoms with Gasteiger partial charge in [-0.05, 0) is 31.0 Å². The van der Waals surface area contributed by atoms with Crippen LogP contribution in [0.2, 0.25) is 5.02 Å². The van der Waals surface area contributed by atoms with E-state index in [9.17, 15) is 0 Å². The molecule has 0 amide bonds. The molecule has 1 aliphatic heterocycles. The highest BCUT2D eigenvalue weighted by Gasteiger charge is 2.18. The maximum absolute atomic E-state index is 6.16. The van der Waals surface area contributed by atoms with Gasteiger partial charge in [0.15, 0.2) is 0 Å². The van der Waals surface area contributed by atoms with Crippen LogP contribution in [-0.2, 0) is 4.74 Å². The molecule has 2 rings (SSSR count). The lowest BCUT2D eigenvalue weighted by Crippen LogP contribution is -2.43. The van der Waals surface area contributed by atoms with Gasteiger partial charge in [0.05, 0.1) is 23.9 Å². The van der Waals surface area contributed by atoms with Crippen molar-refractivity contribution < 1.29 is 4.74 Å². The second kappa shape index (κ2) is 7.72. The van der Waals surface area contributed by atoms with Gasteiger partial charge >= 0.3 is 0 Å². The first-order valence-electron chi connectivity index (χ1n) is 7.31. The predicted octanol–water partition coefficient (Wildman–Crippen LogP) is 2.84. The maximum atomic E-state index is 6.16. The molecule has 5 heteroatoms. The van der Waals surface area contributed by atoms with Crippen molar-refractivity contribution in [3.05, 3.63) is 23.2 Å². The Morgan fingerprint density at radius 1 is 1.40 bits per heavy atom. The fourth-order valence-corrected chi connectivity index (χ4v) is 2.89. The molecule has 1 saturated heterocycles. The van der Waals surface area contributed by atoms with E-state index < -0.39 is 0 Å². The molecule has 0 radical (unpaired) electrons. The zero-order valence-corrected chi connectivity index (χ0v) is 12.8. The van der Waals surface area contributed by atoms with E-state index in [1.54, 1.807) is 6.07 Å². The lowest BCUT2D eigenvalue weighted by molar-refractivity contribution is 0.0147. The quantitative estimate of drug-likeness (QED) is 0.793. The highest BCUT2D eigenvalue weighted by atomic mass is 35.5. The Kier molecular flexibility index (Phi) is 5.95. The standard InChI is InChI=1S/C15H24ClN3O/c1-2-13(19-7-9-20-10-8-19)5-6-18-15-4-3-12(17)11-14(15)16/h3-4,11,13,18H,2,5-10,17H2,1H3. The van der Waals surface area contributed by atoms with E-state index in [2.05, 4.69) is 17.1 Å². The minimum Gasteiger partial charge on any atom is -0.399 e. The Balaban J connectivity index is 1.81. The summed E-state index contributed by atoms with van der Waals surface area (Å²) in [5.74, 6) is 0. The molecule has 112 valence electrons. The second-order valence-corrected chi connectivity index (χ2v) is 5.57. The van der Waals surface area contributed by atoms with Crippen LogP contribution in [0.1, 0.15) is 19.8 Å². The number of nitrogens with zero attached hydrogens (tertiary/aromatic N) is 1. The Morgan fingerprint density at radius 3 is 2.80 bits per heavy atom. The summed E-state index contributed by atoms with van der Waals surface area (Å²) in [6.07, 6.45) is 2.27. The number of halogens is 1. The van der Waals surface area contributed by atoms with E-state index in [-0.39, 0.29) is 0 Å². The average Bonchev–Trinajstić information content (AvgIpc) is 2.46. The topological polar surface area (TPSA) is 50.5 Å². The van der Waals surface area contributed by atoms with Crippen LogP contribution < -0.4 is 11.1 Å². The van der Waals surface area contributed by atoms with Crippen molar-refractivity contribution in [2.45, 2.75) is 25.8 Å². The van der Waals surface area contributed by atoms with Crippen LogP contribution in [-0.4, -0.2) is 43.8 Å². The highest BCUT2D eigenvalue weighted by molar-refractivity contribution is 6.33. The van der Waals surface area contributed by atoms with E-state index in [4.69, 9.17) is 22.1 Å². The summed E-state index contributed by atoms with van der Waals surface area (Å²) < 4.78 is 5.41. The molecule has 1 atom stereocenters.